The number of rotatable bonds is 6. The van der Waals surface area contributed by atoms with Crippen LogP contribution < -0.4 is 20.5 Å². The molecule has 158 valence electrons. The van der Waals surface area contributed by atoms with Crippen LogP contribution in [0.4, 0.5) is 0 Å². The summed E-state index contributed by atoms with van der Waals surface area (Å²) in [5.74, 6) is 1.04. The van der Waals surface area contributed by atoms with Gasteiger partial charge in [0.25, 0.3) is 0 Å². The minimum atomic E-state index is -0.452. The predicted molar refractivity (Wildman–Crippen MR) is 113 cm³/mol. The van der Waals surface area contributed by atoms with Crippen molar-refractivity contribution in [2.45, 2.75) is 39.3 Å². The van der Waals surface area contributed by atoms with Gasteiger partial charge in [0.15, 0.2) is 17.1 Å². The van der Waals surface area contributed by atoms with E-state index in [9.17, 15) is 9.59 Å². The molecule has 30 heavy (non-hydrogen) atoms. The number of nitrogens with zero attached hydrogens (tertiary/aromatic N) is 1. The Hall–Kier alpha value is -3.22. The summed E-state index contributed by atoms with van der Waals surface area (Å²) in [6, 6.07) is 12.8. The summed E-state index contributed by atoms with van der Waals surface area (Å²) in [5.41, 5.74) is 2.18. The van der Waals surface area contributed by atoms with Crippen molar-refractivity contribution < 1.29 is 18.7 Å². The first-order valence-corrected chi connectivity index (χ1v) is 10.3. The van der Waals surface area contributed by atoms with Crippen LogP contribution in [-0.4, -0.2) is 23.7 Å². The molecule has 0 saturated carbocycles. The Morgan fingerprint density at radius 2 is 1.87 bits per heavy atom. The maximum Gasteiger partial charge on any atom is 0.419 e. The number of carbonyl (C=O) groups is 1. The van der Waals surface area contributed by atoms with E-state index in [2.05, 4.69) is 19.2 Å². The normalized spacial score (nSPS) is 14.5. The van der Waals surface area contributed by atoms with Crippen LogP contribution in [0.15, 0.2) is 51.7 Å². The SMILES string of the molecule is CC(C)C(NC(=O)CCn1c(=O)oc2ccccc21)c1ccc2c(c1)OCCCO2. The maximum atomic E-state index is 12.7. The Balaban J connectivity index is 1.47. The molecular weight excluding hydrogens is 384 g/mol. The monoisotopic (exact) mass is 410 g/mol. The number of para-hydroxylation sites is 2. The number of carbonyl (C=O) groups excluding carboxylic acids is 1. The second kappa shape index (κ2) is 8.65. The van der Waals surface area contributed by atoms with Gasteiger partial charge in [0, 0.05) is 19.4 Å². The number of hydrogen-bond acceptors (Lipinski definition) is 5. The Morgan fingerprint density at radius 1 is 1.10 bits per heavy atom. The van der Waals surface area contributed by atoms with Crippen LogP contribution in [0.2, 0.25) is 0 Å². The number of ether oxygens (including phenoxy) is 2. The van der Waals surface area contributed by atoms with Crippen LogP contribution in [0.3, 0.4) is 0 Å². The number of hydrogen-bond donors (Lipinski definition) is 1. The second-order valence-electron chi connectivity index (χ2n) is 7.78. The lowest BCUT2D eigenvalue weighted by atomic mass is 9.95. The van der Waals surface area contributed by atoms with E-state index in [4.69, 9.17) is 13.9 Å². The van der Waals surface area contributed by atoms with Crippen molar-refractivity contribution in [3.8, 4) is 11.5 Å². The fraction of sp³-hybridized carbons (Fsp3) is 0.391. The summed E-state index contributed by atoms with van der Waals surface area (Å²) < 4.78 is 18.2. The molecule has 0 aliphatic carbocycles. The Bertz CT molecular complexity index is 1100. The summed E-state index contributed by atoms with van der Waals surface area (Å²) in [7, 11) is 0. The standard InChI is InChI=1S/C23H26N2O5/c1-15(2)22(16-8-9-19-20(14-16)29-13-5-12-28-19)24-21(26)10-11-25-17-6-3-4-7-18(17)30-23(25)27/h3-4,6-9,14-15,22H,5,10-13H2,1-2H3,(H,24,26). The molecule has 7 nitrogen and oxygen atoms in total. The summed E-state index contributed by atoms with van der Waals surface area (Å²) in [6.45, 7) is 5.62. The highest BCUT2D eigenvalue weighted by Gasteiger charge is 2.21. The van der Waals surface area contributed by atoms with Crippen molar-refractivity contribution in [3.05, 3.63) is 58.6 Å². The summed E-state index contributed by atoms with van der Waals surface area (Å²) in [6.07, 6.45) is 1.02. The van der Waals surface area contributed by atoms with Gasteiger partial charge in [-0.3, -0.25) is 9.36 Å². The number of amides is 1. The largest absolute Gasteiger partial charge is 0.490 e. The van der Waals surface area contributed by atoms with E-state index in [-0.39, 0.29) is 30.8 Å². The molecule has 1 atom stereocenters. The fourth-order valence-corrected chi connectivity index (χ4v) is 3.69. The summed E-state index contributed by atoms with van der Waals surface area (Å²) >= 11 is 0. The second-order valence-corrected chi connectivity index (χ2v) is 7.78. The molecule has 0 spiro atoms. The van der Waals surface area contributed by atoms with Gasteiger partial charge in [-0.05, 0) is 35.7 Å². The van der Waals surface area contributed by atoms with Gasteiger partial charge in [-0.25, -0.2) is 4.79 Å². The zero-order chi connectivity index (χ0) is 21.1. The molecule has 1 aromatic heterocycles. The molecule has 1 aliphatic heterocycles. The van der Waals surface area contributed by atoms with E-state index < -0.39 is 5.76 Å². The lowest BCUT2D eigenvalue weighted by Gasteiger charge is -2.24. The van der Waals surface area contributed by atoms with Gasteiger partial charge in [-0.15, -0.1) is 0 Å². The Kier molecular flexibility index (Phi) is 5.79. The van der Waals surface area contributed by atoms with E-state index in [0.717, 1.165) is 17.7 Å². The average molecular weight is 410 g/mol. The van der Waals surface area contributed by atoms with Gasteiger partial charge in [0.2, 0.25) is 5.91 Å². The molecule has 7 heteroatoms. The minimum Gasteiger partial charge on any atom is -0.490 e. The van der Waals surface area contributed by atoms with Crippen LogP contribution in [-0.2, 0) is 11.3 Å². The number of oxazole rings is 1. The van der Waals surface area contributed by atoms with Gasteiger partial charge in [-0.1, -0.05) is 32.0 Å². The number of fused-ring (bicyclic) bond motifs is 2. The van der Waals surface area contributed by atoms with E-state index in [1.165, 1.54) is 4.57 Å². The molecule has 1 unspecified atom stereocenters. The van der Waals surface area contributed by atoms with Crippen LogP contribution in [0.5, 0.6) is 11.5 Å². The highest BCUT2D eigenvalue weighted by molar-refractivity contribution is 5.77. The predicted octanol–water partition coefficient (Wildman–Crippen LogP) is 3.66. The van der Waals surface area contributed by atoms with Crippen molar-refractivity contribution in [2.75, 3.05) is 13.2 Å². The molecule has 4 rings (SSSR count). The molecule has 0 bridgehead atoms. The van der Waals surface area contributed by atoms with Crippen molar-refractivity contribution >= 4 is 17.0 Å². The fourth-order valence-electron chi connectivity index (χ4n) is 3.69. The molecule has 0 fully saturated rings. The zero-order valence-electron chi connectivity index (χ0n) is 17.2. The first-order chi connectivity index (χ1) is 14.5. The quantitative estimate of drug-likeness (QED) is 0.671. The molecule has 3 aromatic rings. The number of nitrogens with one attached hydrogen (secondary N) is 1. The number of benzene rings is 2. The van der Waals surface area contributed by atoms with Gasteiger partial charge in [-0.2, -0.15) is 0 Å². The molecule has 1 N–H and O–H groups in total. The average Bonchev–Trinajstić information content (AvgIpc) is 2.88. The van der Waals surface area contributed by atoms with Gasteiger partial charge < -0.3 is 19.2 Å². The van der Waals surface area contributed by atoms with Crippen LogP contribution in [0, 0.1) is 5.92 Å². The van der Waals surface area contributed by atoms with Gasteiger partial charge in [0.05, 0.1) is 24.8 Å². The zero-order valence-corrected chi connectivity index (χ0v) is 17.2. The molecular formula is C23H26N2O5. The number of aromatic nitrogens is 1. The van der Waals surface area contributed by atoms with E-state index in [0.29, 0.717) is 30.1 Å². The van der Waals surface area contributed by atoms with Crippen LogP contribution in [0.1, 0.15) is 38.3 Å². The van der Waals surface area contributed by atoms with E-state index >= 15 is 0 Å². The molecule has 0 radical (unpaired) electrons. The van der Waals surface area contributed by atoms with Crippen molar-refractivity contribution in [1.82, 2.24) is 9.88 Å². The first kappa shape index (κ1) is 20.1. The van der Waals surface area contributed by atoms with Crippen LogP contribution in [0.25, 0.3) is 11.1 Å². The van der Waals surface area contributed by atoms with Crippen molar-refractivity contribution in [1.29, 1.82) is 0 Å². The topological polar surface area (TPSA) is 82.7 Å². The minimum absolute atomic E-state index is 0.127. The summed E-state index contributed by atoms with van der Waals surface area (Å²) in [5, 5.41) is 3.10. The maximum absolute atomic E-state index is 12.7. The smallest absolute Gasteiger partial charge is 0.419 e. The third-order valence-electron chi connectivity index (χ3n) is 5.25. The van der Waals surface area contributed by atoms with E-state index in [1.807, 2.05) is 36.4 Å². The summed E-state index contributed by atoms with van der Waals surface area (Å²) in [4.78, 5) is 24.8. The van der Waals surface area contributed by atoms with Gasteiger partial charge >= 0.3 is 5.76 Å². The van der Waals surface area contributed by atoms with Crippen molar-refractivity contribution in [3.63, 3.8) is 0 Å². The highest BCUT2D eigenvalue weighted by atomic mass is 16.5. The third-order valence-corrected chi connectivity index (χ3v) is 5.25. The first-order valence-electron chi connectivity index (χ1n) is 10.3. The van der Waals surface area contributed by atoms with Crippen LogP contribution >= 0.6 is 0 Å². The third kappa shape index (κ3) is 4.20. The number of aryl methyl sites for hydroxylation is 1. The van der Waals surface area contributed by atoms with E-state index in [1.54, 1.807) is 6.07 Å². The lowest BCUT2D eigenvalue weighted by molar-refractivity contribution is -0.122. The molecule has 1 aliphatic rings. The molecule has 2 aromatic carbocycles. The highest BCUT2D eigenvalue weighted by Crippen LogP contribution is 2.34. The molecule has 2 heterocycles. The van der Waals surface area contributed by atoms with Crippen molar-refractivity contribution in [2.24, 2.45) is 5.92 Å². The lowest BCUT2D eigenvalue weighted by Crippen LogP contribution is -2.32. The molecule has 0 saturated heterocycles. The Morgan fingerprint density at radius 3 is 2.67 bits per heavy atom. The Labute approximate surface area is 174 Å². The molecule has 1 amide bonds. The van der Waals surface area contributed by atoms with Gasteiger partial charge in [0.1, 0.15) is 0 Å².